The second kappa shape index (κ2) is 9.19. The van der Waals surface area contributed by atoms with Gasteiger partial charge in [0.1, 0.15) is 5.82 Å². The van der Waals surface area contributed by atoms with Crippen molar-refractivity contribution in [3.63, 3.8) is 0 Å². The van der Waals surface area contributed by atoms with Gasteiger partial charge >= 0.3 is 0 Å². The Balaban J connectivity index is 1.58. The minimum atomic E-state index is -0.139. The molecule has 0 saturated carbocycles. The van der Waals surface area contributed by atoms with Crippen molar-refractivity contribution in [1.82, 2.24) is 24.7 Å². The Morgan fingerprint density at radius 2 is 1.79 bits per heavy atom. The number of carbonyl (C=O) groups excluding carboxylic acids is 1. The Kier molecular flexibility index (Phi) is 6.66. The van der Waals surface area contributed by atoms with E-state index in [9.17, 15) is 4.79 Å². The summed E-state index contributed by atoms with van der Waals surface area (Å²) in [6.07, 6.45) is 2.42. The molecule has 0 radical (unpaired) electrons. The molecule has 10 heteroatoms. The van der Waals surface area contributed by atoms with E-state index in [-0.39, 0.29) is 5.91 Å². The summed E-state index contributed by atoms with van der Waals surface area (Å²) in [6, 6.07) is 5.24. The zero-order chi connectivity index (χ0) is 21.0. The van der Waals surface area contributed by atoms with Crippen LogP contribution >= 0.6 is 23.2 Å². The lowest BCUT2D eigenvalue weighted by molar-refractivity contribution is -0.116. The number of aryl methyl sites for hydroxylation is 3. The quantitative estimate of drug-likeness (QED) is 0.543. The molecule has 0 atom stereocenters. The SMILES string of the molecule is Cc1cc(C)nc(NCCCC(=O)Nc2cc(C)nn2-c2ncc(Cl)cc2Cl)n1. The number of rotatable bonds is 7. The van der Waals surface area contributed by atoms with Gasteiger partial charge in [-0.2, -0.15) is 9.78 Å². The van der Waals surface area contributed by atoms with Crippen molar-refractivity contribution in [3.8, 4) is 5.82 Å². The lowest BCUT2D eigenvalue weighted by Gasteiger charge is -2.10. The van der Waals surface area contributed by atoms with Crippen molar-refractivity contribution < 1.29 is 4.79 Å². The van der Waals surface area contributed by atoms with Gasteiger partial charge in [0.25, 0.3) is 0 Å². The number of anilines is 2. The predicted molar refractivity (Wildman–Crippen MR) is 114 cm³/mol. The number of amides is 1. The van der Waals surface area contributed by atoms with E-state index in [2.05, 4.69) is 30.7 Å². The second-order valence-electron chi connectivity index (χ2n) is 6.59. The second-order valence-corrected chi connectivity index (χ2v) is 7.44. The van der Waals surface area contributed by atoms with Gasteiger partial charge in [0.2, 0.25) is 11.9 Å². The highest BCUT2D eigenvalue weighted by Gasteiger charge is 2.14. The molecule has 0 aliphatic carbocycles. The molecule has 29 heavy (non-hydrogen) atoms. The van der Waals surface area contributed by atoms with Crippen LogP contribution in [0.3, 0.4) is 0 Å². The third kappa shape index (κ3) is 5.65. The van der Waals surface area contributed by atoms with Gasteiger partial charge in [-0.15, -0.1) is 0 Å². The third-order valence-electron chi connectivity index (χ3n) is 3.93. The number of nitrogens with one attached hydrogen (secondary N) is 2. The summed E-state index contributed by atoms with van der Waals surface area (Å²) in [5.41, 5.74) is 2.52. The van der Waals surface area contributed by atoms with Crippen LogP contribution in [0.4, 0.5) is 11.8 Å². The fourth-order valence-corrected chi connectivity index (χ4v) is 3.23. The topological polar surface area (TPSA) is 97.6 Å². The first kappa shape index (κ1) is 21.0. The molecule has 0 aromatic carbocycles. The number of nitrogens with zero attached hydrogens (tertiary/aromatic N) is 5. The van der Waals surface area contributed by atoms with Crippen molar-refractivity contribution in [2.24, 2.45) is 0 Å². The molecule has 0 aliphatic rings. The monoisotopic (exact) mass is 433 g/mol. The first-order valence-electron chi connectivity index (χ1n) is 9.06. The van der Waals surface area contributed by atoms with Gasteiger partial charge in [-0.05, 0) is 39.3 Å². The number of halogens is 2. The summed E-state index contributed by atoms with van der Waals surface area (Å²) >= 11 is 12.1. The average molecular weight is 434 g/mol. The van der Waals surface area contributed by atoms with Crippen LogP contribution in [0.15, 0.2) is 24.4 Å². The molecule has 3 aromatic heterocycles. The molecule has 3 aromatic rings. The van der Waals surface area contributed by atoms with Crippen LogP contribution < -0.4 is 10.6 Å². The average Bonchev–Trinajstić information content (AvgIpc) is 2.98. The maximum Gasteiger partial charge on any atom is 0.225 e. The van der Waals surface area contributed by atoms with Gasteiger partial charge in [-0.1, -0.05) is 23.2 Å². The van der Waals surface area contributed by atoms with Crippen molar-refractivity contribution in [2.45, 2.75) is 33.6 Å². The van der Waals surface area contributed by atoms with Gasteiger partial charge < -0.3 is 10.6 Å². The molecule has 3 rings (SSSR count). The Morgan fingerprint density at radius 1 is 1.07 bits per heavy atom. The largest absolute Gasteiger partial charge is 0.354 e. The van der Waals surface area contributed by atoms with Gasteiger partial charge in [0, 0.05) is 36.6 Å². The van der Waals surface area contributed by atoms with Crippen LogP contribution in [-0.4, -0.2) is 37.2 Å². The summed E-state index contributed by atoms with van der Waals surface area (Å²) < 4.78 is 1.49. The third-order valence-corrected chi connectivity index (χ3v) is 4.42. The number of hydrogen-bond donors (Lipinski definition) is 2. The number of pyridine rings is 1. The minimum Gasteiger partial charge on any atom is -0.354 e. The van der Waals surface area contributed by atoms with Crippen molar-refractivity contribution in [1.29, 1.82) is 0 Å². The standard InChI is InChI=1S/C19H21Cl2N7O/c1-11-7-12(2)25-19(24-11)22-6-4-5-17(29)26-16-8-13(3)27-28(16)18-15(21)9-14(20)10-23-18/h7-10H,4-6H2,1-3H3,(H,26,29)(H,22,24,25). The van der Waals surface area contributed by atoms with Crippen molar-refractivity contribution in [3.05, 3.63) is 51.5 Å². The molecule has 2 N–H and O–H groups in total. The zero-order valence-corrected chi connectivity index (χ0v) is 17.8. The summed E-state index contributed by atoms with van der Waals surface area (Å²) in [5.74, 6) is 1.32. The van der Waals surface area contributed by atoms with E-state index in [1.165, 1.54) is 10.9 Å². The lowest BCUT2D eigenvalue weighted by Crippen LogP contribution is -2.17. The van der Waals surface area contributed by atoms with E-state index < -0.39 is 0 Å². The highest BCUT2D eigenvalue weighted by atomic mass is 35.5. The number of aromatic nitrogens is 5. The van der Waals surface area contributed by atoms with Gasteiger partial charge in [0.05, 0.1) is 15.7 Å². The van der Waals surface area contributed by atoms with E-state index in [0.717, 1.165) is 17.1 Å². The molecule has 152 valence electrons. The first-order valence-corrected chi connectivity index (χ1v) is 9.81. The van der Waals surface area contributed by atoms with E-state index in [1.54, 1.807) is 12.1 Å². The molecular formula is C19H21Cl2N7O. The van der Waals surface area contributed by atoms with Crippen LogP contribution in [0.2, 0.25) is 10.0 Å². The molecule has 0 fully saturated rings. The number of carbonyl (C=O) groups is 1. The smallest absolute Gasteiger partial charge is 0.225 e. The molecule has 0 bridgehead atoms. The number of hydrogen-bond acceptors (Lipinski definition) is 6. The van der Waals surface area contributed by atoms with Gasteiger partial charge in [-0.25, -0.2) is 15.0 Å². The first-order chi connectivity index (χ1) is 13.8. The summed E-state index contributed by atoms with van der Waals surface area (Å²) in [5, 5.41) is 11.1. The van der Waals surface area contributed by atoms with Crippen LogP contribution in [0.25, 0.3) is 5.82 Å². The van der Waals surface area contributed by atoms with E-state index >= 15 is 0 Å². The Hall–Kier alpha value is -2.71. The summed E-state index contributed by atoms with van der Waals surface area (Å²) in [4.78, 5) is 25.2. The van der Waals surface area contributed by atoms with Crippen LogP contribution in [0.5, 0.6) is 0 Å². The zero-order valence-electron chi connectivity index (χ0n) is 16.3. The Bertz CT molecular complexity index is 1020. The molecule has 8 nitrogen and oxygen atoms in total. The van der Waals surface area contributed by atoms with Crippen LogP contribution in [0.1, 0.15) is 29.9 Å². The molecule has 0 spiro atoms. The molecule has 1 amide bonds. The highest BCUT2D eigenvalue weighted by Crippen LogP contribution is 2.25. The highest BCUT2D eigenvalue weighted by molar-refractivity contribution is 6.35. The van der Waals surface area contributed by atoms with Crippen LogP contribution in [-0.2, 0) is 4.79 Å². The molecule has 3 heterocycles. The Labute approximate surface area is 178 Å². The molecule has 0 aliphatic heterocycles. The van der Waals surface area contributed by atoms with Crippen molar-refractivity contribution >= 4 is 40.9 Å². The van der Waals surface area contributed by atoms with Crippen molar-refractivity contribution in [2.75, 3.05) is 17.2 Å². The van der Waals surface area contributed by atoms with E-state index in [0.29, 0.717) is 47.0 Å². The molecule has 0 saturated heterocycles. The fourth-order valence-electron chi connectivity index (χ4n) is 2.77. The Morgan fingerprint density at radius 3 is 2.48 bits per heavy atom. The summed E-state index contributed by atoms with van der Waals surface area (Å²) in [6.45, 7) is 6.24. The normalized spacial score (nSPS) is 10.8. The lowest BCUT2D eigenvalue weighted by atomic mass is 10.3. The maximum atomic E-state index is 12.4. The predicted octanol–water partition coefficient (Wildman–Crippen LogP) is 4.12. The fraction of sp³-hybridized carbons (Fsp3) is 0.316. The van der Waals surface area contributed by atoms with Gasteiger partial charge in [0.15, 0.2) is 5.82 Å². The van der Waals surface area contributed by atoms with Gasteiger partial charge in [-0.3, -0.25) is 4.79 Å². The minimum absolute atomic E-state index is 0.139. The van der Waals surface area contributed by atoms with E-state index in [1.807, 2.05) is 26.8 Å². The summed E-state index contributed by atoms with van der Waals surface area (Å²) in [7, 11) is 0. The molecule has 0 unspecified atom stereocenters. The van der Waals surface area contributed by atoms with E-state index in [4.69, 9.17) is 23.2 Å². The maximum absolute atomic E-state index is 12.4. The van der Waals surface area contributed by atoms with Crippen LogP contribution in [0, 0.1) is 20.8 Å². The molecular weight excluding hydrogens is 413 g/mol.